The number of amides is 1. The smallest absolute Gasteiger partial charge is 0.301 e. The normalized spacial score (nSPS) is 19.6. The second-order valence-electron chi connectivity index (χ2n) is 10.2. The summed E-state index contributed by atoms with van der Waals surface area (Å²) in [6.07, 6.45) is 3.72. The largest absolute Gasteiger partial charge is 0.507 e. The summed E-state index contributed by atoms with van der Waals surface area (Å²) < 4.78 is 11.7. The first-order chi connectivity index (χ1) is 19.2. The summed E-state index contributed by atoms with van der Waals surface area (Å²) in [4.78, 5) is 45.5. The van der Waals surface area contributed by atoms with Crippen LogP contribution in [-0.2, 0) is 16.0 Å². The minimum atomic E-state index is -0.965. The number of aryl methyl sites for hydroxylation is 1. The molecule has 3 heterocycles. The van der Waals surface area contributed by atoms with Crippen LogP contribution in [-0.4, -0.2) is 40.3 Å². The standard InChI is InChI=1S/C31H32N2O6S/c1-5-6-7-13-38-23-10-8-9-20(16-23)26-25(27(35)21-11-12-24-22(15-21)14-17(2)39-24)28(36)30(37)33(26)31-32-18(3)29(40-31)19(4)34/h8-12,15-17,26,35H,5-7,13-14H2,1-4H3. The number of benzene rings is 2. The van der Waals surface area contributed by atoms with Crippen LogP contribution in [0.25, 0.3) is 5.76 Å². The molecule has 208 valence electrons. The van der Waals surface area contributed by atoms with Crippen LogP contribution in [0.15, 0.2) is 48.0 Å². The van der Waals surface area contributed by atoms with Crippen molar-refractivity contribution in [2.24, 2.45) is 0 Å². The van der Waals surface area contributed by atoms with Crippen molar-refractivity contribution >= 4 is 39.7 Å². The Kier molecular flexibility index (Phi) is 7.76. The third-order valence-electron chi connectivity index (χ3n) is 7.12. The Morgan fingerprint density at radius 3 is 2.73 bits per heavy atom. The number of carbonyl (C=O) groups is 3. The number of hydrogen-bond donors (Lipinski definition) is 1. The Morgan fingerprint density at radius 2 is 2.00 bits per heavy atom. The average Bonchev–Trinajstić information content (AvgIpc) is 3.58. The van der Waals surface area contributed by atoms with Crippen LogP contribution in [0.3, 0.4) is 0 Å². The summed E-state index contributed by atoms with van der Waals surface area (Å²) in [5.41, 5.74) is 2.37. The highest BCUT2D eigenvalue weighted by atomic mass is 32.1. The van der Waals surface area contributed by atoms with Gasteiger partial charge in [-0.3, -0.25) is 19.3 Å². The van der Waals surface area contributed by atoms with Gasteiger partial charge in [-0.25, -0.2) is 4.98 Å². The fourth-order valence-electron chi connectivity index (χ4n) is 5.20. The van der Waals surface area contributed by atoms with Crippen molar-refractivity contribution in [2.75, 3.05) is 11.5 Å². The van der Waals surface area contributed by atoms with E-state index < -0.39 is 17.7 Å². The molecule has 0 aliphatic carbocycles. The molecule has 5 rings (SSSR count). The van der Waals surface area contributed by atoms with Gasteiger partial charge in [0.1, 0.15) is 23.4 Å². The van der Waals surface area contributed by atoms with Crippen molar-refractivity contribution in [2.45, 2.75) is 65.5 Å². The molecule has 8 nitrogen and oxygen atoms in total. The number of nitrogens with zero attached hydrogens (tertiary/aromatic N) is 2. The lowest BCUT2D eigenvalue weighted by Crippen LogP contribution is -2.29. The molecule has 2 unspecified atom stereocenters. The molecule has 2 aliphatic rings. The van der Waals surface area contributed by atoms with Crippen LogP contribution >= 0.6 is 11.3 Å². The second-order valence-corrected chi connectivity index (χ2v) is 11.2. The molecule has 40 heavy (non-hydrogen) atoms. The lowest BCUT2D eigenvalue weighted by atomic mass is 9.94. The number of aromatic nitrogens is 1. The number of anilines is 1. The summed E-state index contributed by atoms with van der Waals surface area (Å²) in [6.45, 7) is 7.76. The number of hydrogen-bond acceptors (Lipinski definition) is 8. The minimum absolute atomic E-state index is 0.0154. The number of ketones is 2. The van der Waals surface area contributed by atoms with Gasteiger partial charge in [0, 0.05) is 18.9 Å². The zero-order valence-corrected chi connectivity index (χ0v) is 23.8. The van der Waals surface area contributed by atoms with Crippen molar-refractivity contribution in [3.63, 3.8) is 0 Å². The Balaban J connectivity index is 1.63. The third kappa shape index (κ3) is 5.13. The number of aliphatic hydroxyl groups excluding tert-OH is 1. The first-order valence-electron chi connectivity index (χ1n) is 13.5. The third-order valence-corrected chi connectivity index (χ3v) is 8.37. The highest BCUT2D eigenvalue weighted by Gasteiger charge is 2.48. The molecule has 1 fully saturated rings. The van der Waals surface area contributed by atoms with Crippen LogP contribution in [0.2, 0.25) is 0 Å². The number of rotatable bonds is 9. The van der Waals surface area contributed by atoms with Gasteiger partial charge >= 0.3 is 5.91 Å². The van der Waals surface area contributed by atoms with Crippen LogP contribution in [0.1, 0.15) is 78.1 Å². The maximum atomic E-state index is 13.6. The predicted molar refractivity (Wildman–Crippen MR) is 153 cm³/mol. The summed E-state index contributed by atoms with van der Waals surface area (Å²) in [6, 6.07) is 11.5. The molecule has 1 aromatic heterocycles. The molecule has 2 atom stereocenters. The molecular formula is C31H32N2O6S. The van der Waals surface area contributed by atoms with E-state index in [1.807, 2.05) is 13.0 Å². The molecular weight excluding hydrogens is 528 g/mol. The van der Waals surface area contributed by atoms with Crippen LogP contribution in [0, 0.1) is 6.92 Å². The van der Waals surface area contributed by atoms with E-state index in [0.29, 0.717) is 40.5 Å². The molecule has 0 saturated carbocycles. The van der Waals surface area contributed by atoms with E-state index in [9.17, 15) is 19.5 Å². The lowest BCUT2D eigenvalue weighted by molar-refractivity contribution is -0.132. The fourth-order valence-corrected chi connectivity index (χ4v) is 6.19. The van der Waals surface area contributed by atoms with E-state index >= 15 is 0 Å². The van der Waals surface area contributed by atoms with E-state index in [0.717, 1.165) is 41.9 Å². The molecule has 0 radical (unpaired) electrons. The molecule has 1 N–H and O–H groups in total. The number of aliphatic hydroxyl groups is 1. The van der Waals surface area contributed by atoms with Gasteiger partial charge < -0.3 is 14.6 Å². The first kappa shape index (κ1) is 27.6. The van der Waals surface area contributed by atoms with E-state index in [-0.39, 0.29) is 28.4 Å². The Bertz CT molecular complexity index is 1520. The summed E-state index contributed by atoms with van der Waals surface area (Å²) in [5.74, 6) is -0.748. The molecule has 9 heteroatoms. The van der Waals surface area contributed by atoms with Gasteiger partial charge in [0.05, 0.1) is 28.8 Å². The van der Waals surface area contributed by atoms with Crippen molar-refractivity contribution < 1.29 is 29.0 Å². The van der Waals surface area contributed by atoms with Gasteiger partial charge in [-0.05, 0) is 61.7 Å². The number of Topliss-reactive ketones (excluding diaryl/α,β-unsaturated/α-hetero) is 2. The van der Waals surface area contributed by atoms with Crippen LogP contribution in [0.4, 0.5) is 5.13 Å². The maximum absolute atomic E-state index is 13.6. The van der Waals surface area contributed by atoms with Gasteiger partial charge in [-0.15, -0.1) is 0 Å². The van der Waals surface area contributed by atoms with Crippen LogP contribution in [0.5, 0.6) is 11.5 Å². The first-order valence-corrected chi connectivity index (χ1v) is 14.3. The van der Waals surface area contributed by atoms with E-state index in [4.69, 9.17) is 9.47 Å². The van der Waals surface area contributed by atoms with Gasteiger partial charge in [-0.1, -0.05) is 43.2 Å². The Labute approximate surface area is 237 Å². The number of ether oxygens (including phenoxy) is 2. The van der Waals surface area contributed by atoms with Gasteiger partial charge in [-0.2, -0.15) is 0 Å². The molecule has 2 aliphatic heterocycles. The summed E-state index contributed by atoms with van der Waals surface area (Å²) in [5, 5.41) is 11.8. The van der Waals surface area contributed by atoms with E-state index in [2.05, 4.69) is 11.9 Å². The number of carbonyl (C=O) groups excluding carboxylic acids is 3. The maximum Gasteiger partial charge on any atom is 0.301 e. The molecule has 2 aromatic carbocycles. The van der Waals surface area contributed by atoms with Gasteiger partial charge in [0.15, 0.2) is 10.9 Å². The molecule has 1 amide bonds. The monoisotopic (exact) mass is 560 g/mol. The highest BCUT2D eigenvalue weighted by molar-refractivity contribution is 7.18. The van der Waals surface area contributed by atoms with Gasteiger partial charge in [0.25, 0.3) is 5.78 Å². The SMILES string of the molecule is CCCCCOc1cccc(C2C(=C(O)c3ccc4c(c3)CC(C)O4)C(=O)C(=O)N2c2nc(C)c(C(C)=O)s2)c1. The zero-order chi connectivity index (χ0) is 28.6. The predicted octanol–water partition coefficient (Wildman–Crippen LogP) is 6.17. The minimum Gasteiger partial charge on any atom is -0.507 e. The number of unbranched alkanes of at least 4 members (excludes halogenated alkanes) is 2. The molecule has 1 saturated heterocycles. The van der Waals surface area contributed by atoms with Crippen molar-refractivity contribution in [1.82, 2.24) is 4.98 Å². The number of thiazole rings is 1. The van der Waals surface area contributed by atoms with Crippen molar-refractivity contribution in [1.29, 1.82) is 0 Å². The highest BCUT2D eigenvalue weighted by Crippen LogP contribution is 2.45. The lowest BCUT2D eigenvalue weighted by Gasteiger charge is -2.23. The van der Waals surface area contributed by atoms with E-state index in [1.54, 1.807) is 43.3 Å². The Morgan fingerprint density at radius 1 is 1.20 bits per heavy atom. The van der Waals surface area contributed by atoms with Crippen LogP contribution < -0.4 is 14.4 Å². The number of fused-ring (bicyclic) bond motifs is 1. The molecule has 3 aromatic rings. The second kappa shape index (κ2) is 11.3. The van der Waals surface area contributed by atoms with Crippen molar-refractivity contribution in [3.05, 3.63) is 75.3 Å². The Hall–Kier alpha value is -3.98. The zero-order valence-electron chi connectivity index (χ0n) is 23.0. The molecule has 0 bridgehead atoms. The quantitative estimate of drug-likeness (QED) is 0.110. The molecule has 0 spiro atoms. The summed E-state index contributed by atoms with van der Waals surface area (Å²) in [7, 11) is 0. The fraction of sp³-hybridized carbons (Fsp3) is 0.355. The summed E-state index contributed by atoms with van der Waals surface area (Å²) >= 11 is 1.06. The average molecular weight is 561 g/mol. The van der Waals surface area contributed by atoms with E-state index in [1.165, 1.54) is 11.8 Å². The van der Waals surface area contributed by atoms with Gasteiger partial charge in [0.2, 0.25) is 0 Å². The topological polar surface area (TPSA) is 106 Å². The van der Waals surface area contributed by atoms with Crippen molar-refractivity contribution in [3.8, 4) is 11.5 Å².